The third-order valence-corrected chi connectivity index (χ3v) is 7.54. The first-order chi connectivity index (χ1) is 21.2. The minimum Gasteiger partial charge on any atom is -0.508 e. The minimum atomic E-state index is -0.780. The molecule has 11 heteroatoms. The number of aliphatic hydroxyl groups is 2. The molecule has 44 heavy (non-hydrogen) atoms. The molecular weight excluding hydrogens is 566 g/mol. The zero-order chi connectivity index (χ0) is 31.5. The smallest absolute Gasteiger partial charge is 0.243 e. The third-order valence-electron chi connectivity index (χ3n) is 7.54. The molecule has 1 fully saturated rings. The second-order valence-electron chi connectivity index (χ2n) is 11.1. The molecule has 236 valence electrons. The standard InChI is InChI=1S/C33H41N3O8/c1-36(20-29(39)26-4-2-5-27(38)16-26)19-28-17-30(24-12-10-23(21-37)11-13-24)44-33(43-28)25-14-8-22(9-15-25)18-34-31(40)6-3-7-32(41)35-42/h2,4-5,8-16,28-30,33,37-39,42H,3,6-7,17-21H2,1H3,(H,34,40)(H,35,41)/t28-,29+,30+,33+/m0/s1. The van der Waals surface area contributed by atoms with Crippen LogP contribution in [-0.4, -0.2) is 63.5 Å². The second kappa shape index (κ2) is 16.3. The van der Waals surface area contributed by atoms with Crippen LogP contribution >= 0.6 is 0 Å². The van der Waals surface area contributed by atoms with Gasteiger partial charge in [0.15, 0.2) is 6.29 Å². The Balaban J connectivity index is 1.40. The van der Waals surface area contributed by atoms with Gasteiger partial charge < -0.3 is 35.0 Å². The summed E-state index contributed by atoms with van der Waals surface area (Å²) >= 11 is 0. The zero-order valence-electron chi connectivity index (χ0n) is 24.8. The molecule has 0 saturated carbocycles. The highest BCUT2D eigenvalue weighted by molar-refractivity contribution is 5.78. The maximum atomic E-state index is 12.1. The van der Waals surface area contributed by atoms with E-state index in [0.29, 0.717) is 38.0 Å². The lowest BCUT2D eigenvalue weighted by molar-refractivity contribution is -0.252. The fourth-order valence-corrected chi connectivity index (χ4v) is 5.13. The molecule has 2 amide bonds. The number of aromatic hydroxyl groups is 1. The van der Waals surface area contributed by atoms with Crippen LogP contribution in [0.15, 0.2) is 72.8 Å². The number of benzene rings is 3. The van der Waals surface area contributed by atoms with Crippen molar-refractivity contribution in [1.82, 2.24) is 15.7 Å². The predicted octanol–water partition coefficient (Wildman–Crippen LogP) is 3.39. The number of likely N-dealkylation sites (N-methyl/N-ethyl adjacent to an activating group) is 1. The number of rotatable bonds is 14. The molecule has 3 aromatic rings. The molecule has 1 saturated heterocycles. The zero-order valence-corrected chi connectivity index (χ0v) is 24.8. The number of nitrogens with one attached hydrogen (secondary N) is 2. The second-order valence-corrected chi connectivity index (χ2v) is 11.1. The minimum absolute atomic E-state index is 0.0415. The van der Waals surface area contributed by atoms with Gasteiger partial charge in [0.2, 0.25) is 11.8 Å². The van der Waals surface area contributed by atoms with Crippen LogP contribution in [0.25, 0.3) is 0 Å². The molecule has 3 aromatic carbocycles. The van der Waals surface area contributed by atoms with E-state index < -0.39 is 18.3 Å². The summed E-state index contributed by atoms with van der Waals surface area (Å²) in [5, 5.41) is 41.4. The summed E-state index contributed by atoms with van der Waals surface area (Å²) in [7, 11) is 1.91. The number of hydroxylamine groups is 1. The van der Waals surface area contributed by atoms with Crippen molar-refractivity contribution in [1.29, 1.82) is 0 Å². The van der Waals surface area contributed by atoms with E-state index in [0.717, 1.165) is 22.3 Å². The van der Waals surface area contributed by atoms with Gasteiger partial charge in [-0.3, -0.25) is 14.8 Å². The largest absolute Gasteiger partial charge is 0.508 e. The molecule has 0 spiro atoms. The monoisotopic (exact) mass is 607 g/mol. The van der Waals surface area contributed by atoms with Gasteiger partial charge in [-0.2, -0.15) is 0 Å². The van der Waals surface area contributed by atoms with Gasteiger partial charge in [0.05, 0.1) is 24.9 Å². The summed E-state index contributed by atoms with van der Waals surface area (Å²) in [5.41, 5.74) is 5.68. The Bertz CT molecular complexity index is 1350. The topological polar surface area (TPSA) is 161 Å². The van der Waals surface area contributed by atoms with Crippen LogP contribution in [-0.2, 0) is 32.2 Å². The Hall–Kier alpha value is -3.84. The van der Waals surface area contributed by atoms with Crippen LogP contribution < -0.4 is 10.8 Å². The van der Waals surface area contributed by atoms with Crippen molar-refractivity contribution >= 4 is 11.8 Å². The average molecular weight is 608 g/mol. The van der Waals surface area contributed by atoms with E-state index in [1.165, 1.54) is 0 Å². The first-order valence-corrected chi connectivity index (χ1v) is 14.7. The summed E-state index contributed by atoms with van der Waals surface area (Å²) in [6.07, 6.45) is -0.737. The summed E-state index contributed by atoms with van der Waals surface area (Å²) in [5.74, 6) is -0.604. The highest BCUT2D eigenvalue weighted by Gasteiger charge is 2.33. The molecular formula is C33H41N3O8. The van der Waals surface area contributed by atoms with Crippen molar-refractivity contribution in [3.8, 4) is 5.75 Å². The van der Waals surface area contributed by atoms with Gasteiger partial charge >= 0.3 is 0 Å². The Kier molecular flexibility index (Phi) is 12.2. The van der Waals surface area contributed by atoms with E-state index in [1.54, 1.807) is 29.7 Å². The highest BCUT2D eigenvalue weighted by Crippen LogP contribution is 2.38. The van der Waals surface area contributed by atoms with Crippen molar-refractivity contribution in [3.05, 3.63) is 101 Å². The lowest BCUT2D eigenvalue weighted by atomic mass is 9.99. The van der Waals surface area contributed by atoms with Gasteiger partial charge in [-0.15, -0.1) is 0 Å². The van der Waals surface area contributed by atoms with Crippen LogP contribution in [0.5, 0.6) is 5.75 Å². The number of nitrogens with zero attached hydrogens (tertiary/aromatic N) is 1. The predicted molar refractivity (Wildman–Crippen MR) is 161 cm³/mol. The lowest BCUT2D eigenvalue weighted by Gasteiger charge is -2.38. The molecule has 1 aliphatic heterocycles. The molecule has 1 heterocycles. The first-order valence-electron chi connectivity index (χ1n) is 14.7. The number of hydrogen-bond donors (Lipinski definition) is 6. The normalized spacial score (nSPS) is 19.0. The molecule has 1 aliphatic rings. The van der Waals surface area contributed by atoms with Crippen LogP contribution in [0.3, 0.4) is 0 Å². The molecule has 0 aliphatic carbocycles. The molecule has 0 aromatic heterocycles. The van der Waals surface area contributed by atoms with Crippen LogP contribution in [0.2, 0.25) is 0 Å². The molecule has 0 radical (unpaired) electrons. The Morgan fingerprint density at radius 1 is 0.955 bits per heavy atom. The maximum absolute atomic E-state index is 12.1. The number of amides is 2. The molecule has 0 bridgehead atoms. The summed E-state index contributed by atoms with van der Waals surface area (Å²) in [4.78, 5) is 25.2. The summed E-state index contributed by atoms with van der Waals surface area (Å²) in [6.45, 7) is 1.16. The van der Waals surface area contributed by atoms with E-state index in [2.05, 4.69) is 5.32 Å². The molecule has 11 nitrogen and oxygen atoms in total. The van der Waals surface area contributed by atoms with Crippen molar-refractivity contribution in [2.24, 2.45) is 0 Å². The van der Waals surface area contributed by atoms with Gasteiger partial charge in [-0.05, 0) is 47.9 Å². The van der Waals surface area contributed by atoms with Crippen molar-refractivity contribution < 1.29 is 39.6 Å². The van der Waals surface area contributed by atoms with Crippen LogP contribution in [0.1, 0.15) is 72.0 Å². The first kappa shape index (κ1) is 33.1. The van der Waals surface area contributed by atoms with E-state index in [4.69, 9.17) is 14.7 Å². The average Bonchev–Trinajstić information content (AvgIpc) is 3.03. The fraction of sp³-hybridized carbons (Fsp3) is 0.394. The van der Waals surface area contributed by atoms with Crippen molar-refractivity contribution in [3.63, 3.8) is 0 Å². The number of hydrogen-bond acceptors (Lipinski definition) is 9. The van der Waals surface area contributed by atoms with Gasteiger partial charge in [0.25, 0.3) is 0 Å². The SMILES string of the molecule is CN(C[C@@H]1C[C@H](c2ccc(CO)cc2)O[C@H](c2ccc(CNC(=O)CCCC(=O)NO)cc2)O1)C[C@@H](O)c1cccc(O)c1. The number of ether oxygens (including phenoxy) is 2. The maximum Gasteiger partial charge on any atom is 0.243 e. The van der Waals surface area contributed by atoms with Crippen LogP contribution in [0.4, 0.5) is 0 Å². The Morgan fingerprint density at radius 3 is 2.32 bits per heavy atom. The van der Waals surface area contributed by atoms with Gasteiger partial charge in [-0.25, -0.2) is 5.48 Å². The van der Waals surface area contributed by atoms with Crippen LogP contribution in [0, 0.1) is 0 Å². The molecule has 0 unspecified atom stereocenters. The quantitative estimate of drug-likeness (QED) is 0.119. The van der Waals surface area contributed by atoms with E-state index in [-0.39, 0.29) is 43.3 Å². The fourth-order valence-electron chi connectivity index (χ4n) is 5.13. The van der Waals surface area contributed by atoms with Gasteiger partial charge in [-0.1, -0.05) is 60.7 Å². The molecule has 6 N–H and O–H groups in total. The Morgan fingerprint density at radius 2 is 1.64 bits per heavy atom. The van der Waals surface area contributed by atoms with Gasteiger partial charge in [0, 0.05) is 44.5 Å². The number of phenolic OH excluding ortho intramolecular Hbond substituents is 1. The number of aliphatic hydroxyl groups excluding tert-OH is 2. The van der Waals surface area contributed by atoms with Gasteiger partial charge in [0.1, 0.15) is 5.75 Å². The van der Waals surface area contributed by atoms with E-state index in [9.17, 15) is 24.9 Å². The molecule has 4 atom stereocenters. The Labute approximate surface area is 257 Å². The number of carbonyl (C=O) groups is 2. The number of carbonyl (C=O) groups excluding carboxylic acids is 2. The summed E-state index contributed by atoms with van der Waals surface area (Å²) in [6, 6.07) is 21.9. The lowest BCUT2D eigenvalue weighted by Crippen LogP contribution is -2.39. The summed E-state index contributed by atoms with van der Waals surface area (Å²) < 4.78 is 12.8. The number of phenols is 1. The van der Waals surface area contributed by atoms with E-state index >= 15 is 0 Å². The third kappa shape index (κ3) is 9.84. The van der Waals surface area contributed by atoms with E-state index in [1.807, 2.05) is 60.5 Å². The molecule has 4 rings (SSSR count). The van der Waals surface area contributed by atoms with Crippen molar-refractivity contribution in [2.75, 3.05) is 20.1 Å². The van der Waals surface area contributed by atoms with Crippen molar-refractivity contribution in [2.45, 2.75) is 63.4 Å². The highest BCUT2D eigenvalue weighted by atomic mass is 16.7.